The highest BCUT2D eigenvalue weighted by atomic mass is 16.5. The highest BCUT2D eigenvalue weighted by molar-refractivity contribution is 5.83. The van der Waals surface area contributed by atoms with Crippen molar-refractivity contribution in [3.05, 3.63) is 23.8 Å². The van der Waals surface area contributed by atoms with Gasteiger partial charge in [0, 0.05) is 24.4 Å². The zero-order valence-corrected chi connectivity index (χ0v) is 19.8. The second-order valence-corrected chi connectivity index (χ2v) is 8.49. The lowest BCUT2D eigenvalue weighted by Gasteiger charge is -2.05. The highest BCUT2D eigenvalue weighted by Gasteiger charge is 2.00. The summed E-state index contributed by atoms with van der Waals surface area (Å²) in [7, 11) is 0. The summed E-state index contributed by atoms with van der Waals surface area (Å²) in [4.78, 5) is 4.46. The molecule has 1 aromatic rings. The molecule has 172 valence electrons. The van der Waals surface area contributed by atoms with Crippen LogP contribution in [-0.4, -0.2) is 24.5 Å². The predicted octanol–water partition coefficient (Wildman–Crippen LogP) is 8.47. The molecule has 3 heteroatoms. The Labute approximate surface area is 186 Å². The van der Waals surface area contributed by atoms with Crippen LogP contribution < -0.4 is 4.74 Å². The van der Waals surface area contributed by atoms with Crippen LogP contribution in [0.5, 0.6) is 11.5 Å². The molecule has 1 aromatic carbocycles. The van der Waals surface area contributed by atoms with Gasteiger partial charge in [-0.3, -0.25) is 4.99 Å². The largest absolute Gasteiger partial charge is 0.507 e. The average molecular weight is 418 g/mol. The number of phenolic OH excluding ortho intramolecular Hbond substituents is 1. The quantitative estimate of drug-likeness (QED) is 0.171. The van der Waals surface area contributed by atoms with Crippen molar-refractivity contribution in [1.82, 2.24) is 0 Å². The topological polar surface area (TPSA) is 41.8 Å². The zero-order valence-electron chi connectivity index (χ0n) is 19.8. The number of benzene rings is 1. The van der Waals surface area contributed by atoms with E-state index < -0.39 is 0 Å². The van der Waals surface area contributed by atoms with Gasteiger partial charge in [-0.05, 0) is 25.5 Å². The number of aliphatic imine (C=N–C) groups is 1. The van der Waals surface area contributed by atoms with E-state index in [0.717, 1.165) is 18.5 Å². The van der Waals surface area contributed by atoms with Crippen LogP contribution in [0.2, 0.25) is 0 Å². The fourth-order valence-corrected chi connectivity index (χ4v) is 3.80. The lowest BCUT2D eigenvalue weighted by molar-refractivity contribution is 0.337. The first-order chi connectivity index (χ1) is 14.8. The summed E-state index contributed by atoms with van der Waals surface area (Å²) in [5.41, 5.74) is 0.759. The van der Waals surface area contributed by atoms with E-state index in [9.17, 15) is 5.11 Å². The summed E-state index contributed by atoms with van der Waals surface area (Å²) < 4.78 is 5.38. The molecular weight excluding hydrogens is 370 g/mol. The van der Waals surface area contributed by atoms with Crippen LogP contribution in [-0.2, 0) is 0 Å². The molecule has 0 amide bonds. The van der Waals surface area contributed by atoms with Gasteiger partial charge in [-0.1, -0.05) is 103 Å². The second kappa shape index (κ2) is 19.5. The van der Waals surface area contributed by atoms with Crippen LogP contribution in [0.3, 0.4) is 0 Å². The van der Waals surface area contributed by atoms with E-state index in [1.807, 2.05) is 19.1 Å². The molecule has 0 aliphatic carbocycles. The van der Waals surface area contributed by atoms with Crippen LogP contribution in [0.15, 0.2) is 23.2 Å². The molecule has 0 bridgehead atoms. The minimum absolute atomic E-state index is 0.233. The van der Waals surface area contributed by atoms with Crippen molar-refractivity contribution in [3.63, 3.8) is 0 Å². The van der Waals surface area contributed by atoms with E-state index in [1.54, 1.807) is 12.3 Å². The van der Waals surface area contributed by atoms with Crippen molar-refractivity contribution in [2.24, 2.45) is 4.99 Å². The molecule has 0 unspecified atom stereocenters. The van der Waals surface area contributed by atoms with Gasteiger partial charge in [-0.15, -0.1) is 0 Å². The van der Waals surface area contributed by atoms with Crippen molar-refractivity contribution in [3.8, 4) is 11.5 Å². The monoisotopic (exact) mass is 417 g/mol. The van der Waals surface area contributed by atoms with Crippen molar-refractivity contribution in [2.75, 3.05) is 13.2 Å². The molecule has 0 spiro atoms. The van der Waals surface area contributed by atoms with Gasteiger partial charge >= 0.3 is 0 Å². The van der Waals surface area contributed by atoms with Gasteiger partial charge < -0.3 is 9.84 Å². The van der Waals surface area contributed by atoms with Crippen molar-refractivity contribution < 1.29 is 9.84 Å². The summed E-state index contributed by atoms with van der Waals surface area (Å²) >= 11 is 0. The average Bonchev–Trinajstić information content (AvgIpc) is 2.74. The smallest absolute Gasteiger partial charge is 0.128 e. The Bertz CT molecular complexity index is 542. The minimum atomic E-state index is 0.233. The van der Waals surface area contributed by atoms with E-state index in [1.165, 1.54) is 96.3 Å². The lowest BCUT2D eigenvalue weighted by Crippen LogP contribution is -1.92. The Morgan fingerprint density at radius 3 is 1.70 bits per heavy atom. The molecule has 0 atom stereocenters. The number of ether oxygens (including phenoxy) is 1. The Morgan fingerprint density at radius 1 is 0.733 bits per heavy atom. The highest BCUT2D eigenvalue weighted by Crippen LogP contribution is 2.22. The van der Waals surface area contributed by atoms with E-state index in [-0.39, 0.29) is 5.75 Å². The van der Waals surface area contributed by atoms with Gasteiger partial charge in [0.15, 0.2) is 0 Å². The molecule has 1 rings (SSSR count). The predicted molar refractivity (Wildman–Crippen MR) is 131 cm³/mol. The summed E-state index contributed by atoms with van der Waals surface area (Å²) in [5.74, 6) is 0.932. The number of rotatable bonds is 20. The Hall–Kier alpha value is -1.51. The fourth-order valence-electron chi connectivity index (χ4n) is 3.80. The van der Waals surface area contributed by atoms with Crippen LogP contribution in [0, 0.1) is 0 Å². The summed E-state index contributed by atoms with van der Waals surface area (Å²) in [6.07, 6.45) is 23.9. The summed E-state index contributed by atoms with van der Waals surface area (Å²) in [6.45, 7) is 5.66. The molecule has 0 aliphatic rings. The molecule has 0 saturated carbocycles. The third-order valence-corrected chi connectivity index (χ3v) is 5.68. The number of hydrogen-bond acceptors (Lipinski definition) is 3. The Kier molecular flexibility index (Phi) is 17.2. The fraction of sp³-hybridized carbons (Fsp3) is 0.741. The molecule has 0 radical (unpaired) electrons. The Morgan fingerprint density at radius 2 is 1.23 bits per heavy atom. The number of aromatic hydroxyl groups is 1. The van der Waals surface area contributed by atoms with Gasteiger partial charge in [0.05, 0.1) is 6.61 Å². The van der Waals surface area contributed by atoms with Crippen LogP contribution in [0.25, 0.3) is 0 Å². The molecule has 0 fully saturated rings. The van der Waals surface area contributed by atoms with Crippen molar-refractivity contribution >= 4 is 6.21 Å². The molecule has 1 N–H and O–H groups in total. The summed E-state index contributed by atoms with van der Waals surface area (Å²) in [5, 5.41) is 9.99. The van der Waals surface area contributed by atoms with Gasteiger partial charge in [-0.2, -0.15) is 0 Å². The lowest BCUT2D eigenvalue weighted by atomic mass is 10.0. The van der Waals surface area contributed by atoms with Gasteiger partial charge in [0.1, 0.15) is 11.5 Å². The normalized spacial score (nSPS) is 11.4. The van der Waals surface area contributed by atoms with Crippen molar-refractivity contribution in [2.45, 2.75) is 117 Å². The van der Waals surface area contributed by atoms with Crippen LogP contribution in [0.4, 0.5) is 0 Å². The minimum Gasteiger partial charge on any atom is -0.507 e. The van der Waals surface area contributed by atoms with Gasteiger partial charge in [0.2, 0.25) is 0 Å². The number of unbranched alkanes of at least 4 members (excludes halogenated alkanes) is 15. The van der Waals surface area contributed by atoms with E-state index >= 15 is 0 Å². The standard InChI is InChI=1S/C27H47NO2/c1-3-5-6-7-8-9-10-11-12-13-14-15-16-17-18-19-22-28-24-25-20-21-26(30-4-2)23-27(25)29/h20-21,23-24,29H,3-19,22H2,1-2H3. The SMILES string of the molecule is CCCCCCCCCCCCCCCCCCN=Cc1ccc(OCC)cc1O. The third kappa shape index (κ3) is 14.5. The van der Waals surface area contributed by atoms with Crippen molar-refractivity contribution in [1.29, 1.82) is 0 Å². The van der Waals surface area contributed by atoms with Crippen LogP contribution in [0.1, 0.15) is 122 Å². The second-order valence-electron chi connectivity index (χ2n) is 8.49. The molecule has 3 nitrogen and oxygen atoms in total. The van der Waals surface area contributed by atoms with E-state index in [4.69, 9.17) is 4.74 Å². The maximum atomic E-state index is 9.99. The van der Waals surface area contributed by atoms with Crippen LogP contribution >= 0.6 is 0 Å². The first-order valence-corrected chi connectivity index (χ1v) is 12.7. The molecule has 0 heterocycles. The van der Waals surface area contributed by atoms with Gasteiger partial charge in [-0.25, -0.2) is 0 Å². The Balaban J connectivity index is 1.87. The first kappa shape index (κ1) is 26.5. The maximum absolute atomic E-state index is 9.99. The number of phenols is 1. The van der Waals surface area contributed by atoms with E-state index in [2.05, 4.69) is 11.9 Å². The first-order valence-electron chi connectivity index (χ1n) is 12.7. The number of nitrogens with zero attached hydrogens (tertiary/aromatic N) is 1. The molecule has 0 aliphatic heterocycles. The van der Waals surface area contributed by atoms with E-state index in [0.29, 0.717) is 12.4 Å². The molecule has 0 saturated heterocycles. The third-order valence-electron chi connectivity index (χ3n) is 5.68. The zero-order chi connectivity index (χ0) is 21.7. The molecule has 30 heavy (non-hydrogen) atoms. The molecule has 0 aromatic heterocycles. The van der Waals surface area contributed by atoms with Gasteiger partial charge in [0.25, 0.3) is 0 Å². The summed E-state index contributed by atoms with van der Waals surface area (Å²) in [6, 6.07) is 5.39. The molecular formula is C27H47NO2. The number of hydrogen-bond donors (Lipinski definition) is 1. The maximum Gasteiger partial charge on any atom is 0.128 e.